The molecule has 2 unspecified atom stereocenters. The lowest BCUT2D eigenvalue weighted by atomic mass is 10.0. The zero-order valence-corrected chi connectivity index (χ0v) is 17.3. The number of alkyl halides is 6. The van der Waals surface area contributed by atoms with E-state index < -0.39 is 61.0 Å². The minimum atomic E-state index is -4.47. The zero-order valence-electron chi connectivity index (χ0n) is 17.3. The van der Waals surface area contributed by atoms with Crippen LogP contribution in [0.5, 0.6) is 0 Å². The van der Waals surface area contributed by atoms with Gasteiger partial charge in [0.1, 0.15) is 19.1 Å². The number of carbonyl (C=O) groups is 3. The van der Waals surface area contributed by atoms with Crippen LogP contribution in [0.3, 0.4) is 0 Å². The second kappa shape index (κ2) is 9.49. The highest BCUT2D eigenvalue weighted by Crippen LogP contribution is 2.27. The number of carboxylic acid groups (broad SMARTS) is 1. The summed E-state index contributed by atoms with van der Waals surface area (Å²) in [5, 5.41) is 9.14. The van der Waals surface area contributed by atoms with E-state index >= 15 is 0 Å². The third-order valence-corrected chi connectivity index (χ3v) is 4.59. The number of halogens is 6. The summed E-state index contributed by atoms with van der Waals surface area (Å²) in [6.07, 6.45) is -9.70. The third-order valence-electron chi connectivity index (χ3n) is 4.59. The van der Waals surface area contributed by atoms with Crippen LogP contribution in [0.25, 0.3) is 0 Å². The smallest absolute Gasteiger partial charge is 0.408 e. The van der Waals surface area contributed by atoms with Crippen LogP contribution in [-0.4, -0.2) is 93.9 Å². The molecule has 3 amide bonds. The number of nitrogens with zero attached hydrogens (tertiary/aromatic N) is 3. The molecule has 180 valence electrons. The summed E-state index contributed by atoms with van der Waals surface area (Å²) in [6.45, 7) is 2.31. The largest absolute Gasteiger partial charge is 0.465 e. The lowest BCUT2D eigenvalue weighted by Crippen LogP contribution is -2.54. The van der Waals surface area contributed by atoms with Crippen LogP contribution in [0.2, 0.25) is 0 Å². The van der Waals surface area contributed by atoms with E-state index in [1.54, 1.807) is 20.8 Å². The number of hydrogen-bond donors (Lipinski definition) is 2. The molecule has 2 rings (SSSR count). The maximum Gasteiger partial charge on any atom is 0.408 e. The molecule has 8 nitrogen and oxygen atoms in total. The Morgan fingerprint density at radius 1 is 0.968 bits per heavy atom. The summed E-state index contributed by atoms with van der Waals surface area (Å²) in [4.78, 5) is 36.3. The fourth-order valence-corrected chi connectivity index (χ4v) is 3.36. The topological polar surface area (TPSA) is 107 Å². The molecule has 14 heteroatoms. The first-order valence-electron chi connectivity index (χ1n) is 9.32. The maximum atomic E-state index is 12.3. The van der Waals surface area contributed by atoms with Gasteiger partial charge in [-0.2, -0.15) is 26.3 Å². The molecule has 3 N–H and O–H groups in total. The van der Waals surface area contributed by atoms with E-state index in [9.17, 15) is 40.7 Å². The van der Waals surface area contributed by atoms with Crippen molar-refractivity contribution in [3.8, 4) is 0 Å². The number of rotatable bonds is 3. The van der Waals surface area contributed by atoms with Crippen LogP contribution in [0.4, 0.5) is 31.1 Å². The Morgan fingerprint density at radius 2 is 1.39 bits per heavy atom. The third kappa shape index (κ3) is 8.07. The van der Waals surface area contributed by atoms with Crippen LogP contribution < -0.4 is 5.73 Å². The molecule has 2 heterocycles. The molecule has 2 atom stereocenters. The molecule has 0 saturated carbocycles. The summed E-state index contributed by atoms with van der Waals surface area (Å²) in [5.41, 5.74) is 4.38. The van der Waals surface area contributed by atoms with Gasteiger partial charge in [-0.05, 0) is 33.6 Å². The normalized spacial score (nSPS) is 22.5. The molecule has 0 aromatic rings. The minimum absolute atomic E-state index is 0.0805. The van der Waals surface area contributed by atoms with E-state index in [0.29, 0.717) is 11.3 Å². The highest BCUT2D eigenvalue weighted by atomic mass is 19.4. The van der Waals surface area contributed by atoms with Gasteiger partial charge in [-0.1, -0.05) is 0 Å². The number of hydrogen-bond acceptors (Lipinski definition) is 4. The van der Waals surface area contributed by atoms with Crippen molar-refractivity contribution in [3.63, 3.8) is 0 Å². The summed E-state index contributed by atoms with van der Waals surface area (Å²) < 4.78 is 72.2. The van der Waals surface area contributed by atoms with Crippen molar-refractivity contribution in [2.24, 2.45) is 5.73 Å². The van der Waals surface area contributed by atoms with Crippen molar-refractivity contribution >= 4 is 17.9 Å². The van der Waals surface area contributed by atoms with Gasteiger partial charge in [0.25, 0.3) is 0 Å². The molecule has 2 saturated heterocycles. The molecule has 0 aromatic carbocycles. The first kappa shape index (κ1) is 26.8. The fraction of sp³-hybridized carbons (Fsp3) is 0.824. The van der Waals surface area contributed by atoms with Gasteiger partial charge in [-0.3, -0.25) is 14.5 Å². The molecule has 2 fully saturated rings. The van der Waals surface area contributed by atoms with Crippen LogP contribution in [0.15, 0.2) is 0 Å². The summed E-state index contributed by atoms with van der Waals surface area (Å²) in [7, 11) is 0. The van der Waals surface area contributed by atoms with Crippen molar-refractivity contribution in [1.82, 2.24) is 14.7 Å². The average molecular weight is 464 g/mol. The van der Waals surface area contributed by atoms with Crippen LogP contribution in [0, 0.1) is 0 Å². The van der Waals surface area contributed by atoms with Crippen LogP contribution in [0.1, 0.15) is 33.6 Å². The average Bonchev–Trinajstić information content (AvgIpc) is 3.02. The van der Waals surface area contributed by atoms with Crippen molar-refractivity contribution < 1.29 is 45.8 Å². The number of carbonyl (C=O) groups excluding carboxylic acids is 2. The van der Waals surface area contributed by atoms with Gasteiger partial charge >= 0.3 is 18.4 Å². The van der Waals surface area contributed by atoms with Gasteiger partial charge in [0.15, 0.2) is 0 Å². The van der Waals surface area contributed by atoms with E-state index in [2.05, 4.69) is 0 Å². The first-order valence-corrected chi connectivity index (χ1v) is 9.32. The fourth-order valence-electron chi connectivity index (χ4n) is 3.36. The summed E-state index contributed by atoms with van der Waals surface area (Å²) in [6, 6.07) is -1.79. The lowest BCUT2D eigenvalue weighted by molar-refractivity contribution is -0.159. The van der Waals surface area contributed by atoms with Gasteiger partial charge in [-0.25, -0.2) is 4.79 Å². The highest BCUT2D eigenvalue weighted by molar-refractivity contribution is 5.87. The maximum absolute atomic E-state index is 12.3. The first-order chi connectivity index (χ1) is 13.8. The second-order valence-corrected chi connectivity index (χ2v) is 8.27. The van der Waals surface area contributed by atoms with Crippen molar-refractivity contribution in [1.29, 1.82) is 0 Å². The molecule has 2 aliphatic rings. The minimum Gasteiger partial charge on any atom is -0.465 e. The molecular weight excluding hydrogens is 438 g/mol. The lowest BCUT2D eigenvalue weighted by Gasteiger charge is -2.36. The van der Waals surface area contributed by atoms with Crippen LogP contribution in [-0.2, 0) is 9.59 Å². The Hall–Kier alpha value is -2.25. The Bertz CT molecular complexity index is 677. The Balaban J connectivity index is 0.000000343. The van der Waals surface area contributed by atoms with Gasteiger partial charge in [0.2, 0.25) is 11.8 Å². The Labute approximate surface area is 174 Å². The molecule has 0 bridgehead atoms. The quantitative estimate of drug-likeness (QED) is 0.622. The monoisotopic (exact) mass is 464 g/mol. The van der Waals surface area contributed by atoms with Crippen molar-refractivity contribution in [3.05, 3.63) is 0 Å². The molecule has 2 aliphatic heterocycles. The van der Waals surface area contributed by atoms with Gasteiger partial charge in [0, 0.05) is 18.6 Å². The number of nitrogens with two attached hydrogens (primary N) is 1. The second-order valence-electron chi connectivity index (χ2n) is 8.27. The summed E-state index contributed by atoms with van der Waals surface area (Å²) in [5.74, 6) is -1.39. The zero-order chi connectivity index (χ0) is 24.4. The SMILES string of the molecule is CC(C)(C)N(C(=O)O)C1CCN(CC(F)(F)F)C1=O.NC1CCN(CC(F)(F)F)C1=O. The summed E-state index contributed by atoms with van der Waals surface area (Å²) >= 11 is 0. The molecule has 0 aliphatic carbocycles. The predicted molar refractivity (Wildman–Crippen MR) is 95.9 cm³/mol. The molecule has 0 radical (unpaired) electrons. The van der Waals surface area contributed by atoms with E-state index in [-0.39, 0.29) is 19.5 Å². The van der Waals surface area contributed by atoms with Crippen molar-refractivity contribution in [2.45, 2.75) is 63.6 Å². The highest BCUT2D eigenvalue weighted by Gasteiger charge is 2.45. The molecule has 0 aromatic heterocycles. The van der Waals surface area contributed by atoms with E-state index in [1.807, 2.05) is 0 Å². The van der Waals surface area contributed by atoms with Crippen LogP contribution >= 0.6 is 0 Å². The van der Waals surface area contributed by atoms with Gasteiger partial charge in [-0.15, -0.1) is 0 Å². The predicted octanol–water partition coefficient (Wildman–Crippen LogP) is 2.04. The number of amides is 3. The Kier molecular flexibility index (Phi) is 8.20. The standard InChI is InChI=1S/C11H17F3N2O3.C6H9F3N2O/c1-10(2,3)16(9(18)19)7-4-5-15(8(7)17)6-11(12,13)14;7-6(8,9)3-11-2-1-4(10)5(11)12/h7H,4-6H2,1-3H3,(H,18,19);4H,1-3,10H2. The molecular formula is C17H26F6N4O4. The molecule has 0 spiro atoms. The Morgan fingerprint density at radius 3 is 1.71 bits per heavy atom. The number of likely N-dealkylation sites (tertiary alicyclic amines) is 2. The van der Waals surface area contributed by atoms with Gasteiger partial charge < -0.3 is 20.6 Å². The molecule has 31 heavy (non-hydrogen) atoms. The van der Waals surface area contributed by atoms with E-state index in [4.69, 9.17) is 10.8 Å². The van der Waals surface area contributed by atoms with Crippen molar-refractivity contribution in [2.75, 3.05) is 26.2 Å². The van der Waals surface area contributed by atoms with E-state index in [0.717, 1.165) is 9.80 Å². The van der Waals surface area contributed by atoms with Gasteiger partial charge in [0.05, 0.1) is 6.04 Å². The van der Waals surface area contributed by atoms with E-state index in [1.165, 1.54) is 0 Å².